The summed E-state index contributed by atoms with van der Waals surface area (Å²) >= 11 is 11.9. The summed E-state index contributed by atoms with van der Waals surface area (Å²) in [6.45, 7) is 4.24. The normalized spacial score (nSPS) is 22.7. The van der Waals surface area contributed by atoms with E-state index in [9.17, 15) is 39.6 Å². The van der Waals surface area contributed by atoms with Crippen molar-refractivity contribution in [2.24, 2.45) is 0 Å². The summed E-state index contributed by atoms with van der Waals surface area (Å²) in [5.74, 6) is -4.62. The Morgan fingerprint density at radius 3 is 1.37 bits per heavy atom. The molecule has 65 heavy (non-hydrogen) atoms. The number of rotatable bonds is 16. The number of halogens is 2. The molecule has 2 saturated heterocycles. The quantitative estimate of drug-likeness (QED) is 0.0226. The minimum absolute atomic E-state index is 0. The Morgan fingerprint density at radius 2 is 1.05 bits per heavy atom. The van der Waals surface area contributed by atoms with Gasteiger partial charge in [0.1, 0.15) is 36.6 Å². The molecule has 0 aromatic carbocycles. The number of esters is 2. The average Bonchev–Trinajstić information content (AvgIpc) is 3.99. The number of aliphatic hydroxyl groups is 4. The predicted molar refractivity (Wildman–Crippen MR) is 214 cm³/mol. The van der Waals surface area contributed by atoms with Crippen molar-refractivity contribution >= 4 is 81.0 Å². The van der Waals surface area contributed by atoms with Crippen LogP contribution in [-0.2, 0) is 47.6 Å². The zero-order valence-corrected chi connectivity index (χ0v) is 37.2. The van der Waals surface area contributed by atoms with Crippen LogP contribution in [0.25, 0.3) is 22.3 Å². The van der Waals surface area contributed by atoms with E-state index in [0.29, 0.717) is 22.7 Å². The Labute approximate surface area is 389 Å². The molecule has 8 atom stereocenters. The van der Waals surface area contributed by atoms with Crippen LogP contribution < -0.4 is 29.5 Å². The Morgan fingerprint density at radius 1 is 0.692 bits per heavy atom. The van der Waals surface area contributed by atoms with Crippen LogP contribution in [-0.4, -0.2) is 193 Å². The van der Waals surface area contributed by atoms with Crippen molar-refractivity contribution in [3.05, 3.63) is 23.2 Å². The number of nitrogens with zero attached hydrogens (tertiary/aromatic N) is 8. The maximum absolute atomic E-state index is 12.4. The van der Waals surface area contributed by atoms with Gasteiger partial charge < -0.3 is 80.6 Å². The first-order valence-electron chi connectivity index (χ1n) is 18.6. The maximum atomic E-state index is 12.4. The van der Waals surface area contributed by atoms with Crippen LogP contribution in [0.2, 0.25) is 10.6 Å². The molecule has 0 radical (unpaired) electrons. The maximum Gasteiger partial charge on any atom is 1.00 e. The van der Waals surface area contributed by atoms with Crippen molar-refractivity contribution in [1.82, 2.24) is 39.0 Å². The molecule has 11 N–H and O–H groups in total. The molecule has 6 heterocycles. The van der Waals surface area contributed by atoms with Crippen molar-refractivity contribution in [1.29, 1.82) is 0 Å². The Kier molecular flexibility index (Phi) is 20.2. The zero-order chi connectivity index (χ0) is 45.8. The molecule has 0 saturated carbocycles. The molecule has 2 fully saturated rings. The summed E-state index contributed by atoms with van der Waals surface area (Å²) in [5.41, 5.74) is -3.43. The van der Waals surface area contributed by atoms with Crippen LogP contribution in [0.4, 0.5) is 11.6 Å². The summed E-state index contributed by atoms with van der Waals surface area (Å²) in [7, 11) is 3.25. The number of carboxylic acids is 2. The third-order valence-corrected chi connectivity index (χ3v) is 10.0. The number of hydrogen-bond acceptors (Lipinski definition) is 23. The number of ether oxygens (including phenoxy) is 6. The van der Waals surface area contributed by atoms with Gasteiger partial charge in [-0.15, -0.1) is 0 Å². The minimum Gasteiger partial charge on any atom is -0.870 e. The van der Waals surface area contributed by atoms with E-state index in [1.165, 1.54) is 28.7 Å². The van der Waals surface area contributed by atoms with Crippen LogP contribution in [0.3, 0.4) is 0 Å². The van der Waals surface area contributed by atoms with E-state index in [2.05, 4.69) is 40.5 Å². The van der Waals surface area contributed by atoms with Crippen LogP contribution >= 0.6 is 23.2 Å². The van der Waals surface area contributed by atoms with E-state index in [0.717, 1.165) is 6.92 Å². The van der Waals surface area contributed by atoms with Gasteiger partial charge in [-0.05, 0) is 50.9 Å². The molecular weight excluding hydrogens is 914 g/mol. The van der Waals surface area contributed by atoms with Crippen molar-refractivity contribution in [3.8, 4) is 0 Å². The van der Waals surface area contributed by atoms with Crippen LogP contribution in [0.5, 0.6) is 0 Å². The third kappa shape index (κ3) is 11.3. The van der Waals surface area contributed by atoms with Gasteiger partial charge >= 0.3 is 42.7 Å². The first kappa shape index (κ1) is 56.5. The third-order valence-electron chi connectivity index (χ3n) is 9.70. The van der Waals surface area contributed by atoms with E-state index in [4.69, 9.17) is 61.8 Å². The molecule has 0 spiro atoms. The molecule has 4 aromatic heterocycles. The Balaban J connectivity index is 0.000000430. The fraction of sp³-hybridized carbons (Fsp3) is 0.588. The van der Waals surface area contributed by atoms with E-state index in [1.54, 1.807) is 27.9 Å². The number of aliphatic hydroxyl groups excluding tert-OH is 4. The van der Waals surface area contributed by atoms with Gasteiger partial charge in [0.25, 0.3) is 11.2 Å². The van der Waals surface area contributed by atoms with Crippen LogP contribution in [0.15, 0.2) is 12.7 Å². The van der Waals surface area contributed by atoms with E-state index in [-0.39, 0.29) is 64.9 Å². The van der Waals surface area contributed by atoms with Gasteiger partial charge in [-0.3, -0.25) is 9.13 Å². The molecule has 31 heteroatoms. The SMILES string of the molecule is CCOC(=O)C(C)(OC[C@H]1O[C@@H](n2cnc3c(NC)nc(Cl)nc32)[C@H](O)[C@@H]1O)C(=O)OCC.CNc1nc(Cl)nc2c1ncn2[C@@H]1O[C@H](COC(C)(C(=O)O)C(=O)O)[C@@H](O)[C@H]1O.O.[Li+].[OH-]. The second kappa shape index (κ2) is 23.2. The van der Waals surface area contributed by atoms with Crippen molar-refractivity contribution in [2.75, 3.05) is 51.2 Å². The number of carboxylic acid groups (broad SMARTS) is 2. The number of anilines is 2. The second-order valence-electron chi connectivity index (χ2n) is 13.7. The summed E-state index contributed by atoms with van der Waals surface area (Å²) in [6, 6.07) is 0. The Hall–Kier alpha value is -4.64. The average molecular weight is 962 g/mol. The molecule has 0 bridgehead atoms. The summed E-state index contributed by atoms with van der Waals surface area (Å²) in [5, 5.41) is 65.5. The van der Waals surface area contributed by atoms with Crippen molar-refractivity contribution < 1.29 is 108 Å². The molecule has 0 aliphatic carbocycles. The monoisotopic (exact) mass is 960 g/mol. The number of fused-ring (bicyclic) bond motifs is 2. The van der Waals surface area contributed by atoms with Crippen LogP contribution in [0.1, 0.15) is 40.2 Å². The molecular formula is C34H47Cl2LiN10O18. The molecule has 0 amide bonds. The number of nitrogens with one attached hydrogen (secondary N) is 2. The van der Waals surface area contributed by atoms with Crippen LogP contribution in [0, 0.1) is 0 Å². The Bertz CT molecular complexity index is 2260. The number of aliphatic carboxylic acids is 2. The van der Waals surface area contributed by atoms with Gasteiger partial charge in [-0.2, -0.15) is 19.9 Å². The topological polar surface area (TPSA) is 418 Å². The van der Waals surface area contributed by atoms with Crippen molar-refractivity contribution in [3.63, 3.8) is 0 Å². The van der Waals surface area contributed by atoms with Gasteiger partial charge in [-0.25, -0.2) is 29.1 Å². The van der Waals surface area contributed by atoms with Gasteiger partial charge in [0.05, 0.1) is 39.1 Å². The number of hydrogen-bond donors (Lipinski definition) is 8. The number of carbonyl (C=O) groups is 4. The largest absolute Gasteiger partial charge is 1.00 e. The molecule has 28 nitrogen and oxygen atoms in total. The van der Waals surface area contributed by atoms with Gasteiger partial charge in [0.15, 0.2) is 46.4 Å². The molecule has 2 aliphatic rings. The second-order valence-corrected chi connectivity index (χ2v) is 14.3. The fourth-order valence-electron chi connectivity index (χ4n) is 6.15. The molecule has 356 valence electrons. The number of aromatic nitrogens is 8. The molecule has 2 aliphatic heterocycles. The van der Waals surface area contributed by atoms with Crippen molar-refractivity contribution in [2.45, 2.75) is 88.0 Å². The van der Waals surface area contributed by atoms with E-state index in [1.807, 2.05) is 0 Å². The zero-order valence-electron chi connectivity index (χ0n) is 35.6. The first-order valence-corrected chi connectivity index (χ1v) is 19.3. The standard InChI is InChI=1S/C19H26ClN5O8.C15H18ClN5O8.Li.2H2O/c1-5-30-16(28)19(3,17(29)31-6-2)32-7-9-11(26)12(27)15(33-9)25-8-22-10-13(21-4)23-18(20)24-14(10)25;1-15(12(24)25,13(26)27)28-3-5-7(22)8(23)11(29-5)21-4-18-6-9(17-2)19-14(16)20-10(6)21;;;/h8-9,11-12,15,26-27H,5-7H2,1-4H3,(H,21,23,24);4-5,7-8,11,22-23H,3H2,1-2H3,(H,24,25)(H,26,27)(H,17,19,20);;2*1H2/q;;+1;;/p-1/t9-,11-,12-,15-;5-,7-,8-,11-;;;/m11.../s1. The molecule has 6 rings (SSSR count). The summed E-state index contributed by atoms with van der Waals surface area (Å²) < 4.78 is 34.5. The minimum atomic E-state index is -2.55. The van der Waals surface area contributed by atoms with Gasteiger partial charge in [0, 0.05) is 14.1 Å². The van der Waals surface area contributed by atoms with E-state index >= 15 is 0 Å². The number of carbonyl (C=O) groups excluding carboxylic acids is 2. The fourth-order valence-corrected chi connectivity index (χ4v) is 6.47. The summed E-state index contributed by atoms with van der Waals surface area (Å²) in [6.07, 6.45) is -7.70. The smallest absolute Gasteiger partial charge is 0.870 e. The van der Waals surface area contributed by atoms with E-state index < -0.39 is 97.4 Å². The predicted octanol–water partition coefficient (Wildman–Crippen LogP) is -4.87. The molecule has 4 aromatic rings. The molecule has 0 unspecified atom stereocenters. The van der Waals surface area contributed by atoms with Gasteiger partial charge in [-0.1, -0.05) is 0 Å². The summed E-state index contributed by atoms with van der Waals surface area (Å²) in [4.78, 5) is 71.7. The van der Waals surface area contributed by atoms with Gasteiger partial charge in [0.2, 0.25) is 10.6 Å². The number of imidazole rings is 2. The first-order chi connectivity index (χ1) is 29.3.